The first-order valence-corrected chi connectivity index (χ1v) is 6.14. The zero-order chi connectivity index (χ0) is 13.1. The summed E-state index contributed by atoms with van der Waals surface area (Å²) in [4.78, 5) is 2.03. The summed E-state index contributed by atoms with van der Waals surface area (Å²) in [5.41, 5.74) is 0.185. The fourth-order valence-corrected chi connectivity index (χ4v) is 2.37. The lowest BCUT2D eigenvalue weighted by molar-refractivity contribution is 0.226. The molecule has 1 heterocycles. The van der Waals surface area contributed by atoms with Crippen LogP contribution in [0.5, 0.6) is 5.75 Å². The van der Waals surface area contributed by atoms with Crippen molar-refractivity contribution in [2.24, 2.45) is 0 Å². The molecule has 0 saturated carbocycles. The molecule has 0 bridgehead atoms. The van der Waals surface area contributed by atoms with E-state index in [1.165, 1.54) is 7.11 Å². The summed E-state index contributed by atoms with van der Waals surface area (Å²) in [6.07, 6.45) is 0. The van der Waals surface area contributed by atoms with E-state index in [1.807, 2.05) is 4.90 Å². The van der Waals surface area contributed by atoms with E-state index in [2.05, 4.69) is 5.32 Å². The first-order valence-electron chi connectivity index (χ1n) is 5.77. The van der Waals surface area contributed by atoms with Crippen LogP contribution in [0, 0.1) is 11.6 Å². The average molecular weight is 277 g/mol. The number of hydrogen-bond acceptors (Lipinski definition) is 3. The second-order valence-corrected chi connectivity index (χ2v) is 4.60. The molecule has 1 aliphatic heterocycles. The number of ether oxygens (including phenoxy) is 1. The standard InChI is InChI=1S/C12H15ClF2N2O/c1-18-12-8(7-17-4-2-16-3-5-17)11(15)10(14)6-9(12)13/h6,16H,2-5,7H2,1H3. The van der Waals surface area contributed by atoms with Crippen LogP contribution in [0.1, 0.15) is 5.56 Å². The molecule has 1 aromatic carbocycles. The summed E-state index contributed by atoms with van der Waals surface area (Å²) in [5, 5.41) is 3.30. The Morgan fingerprint density at radius 3 is 2.67 bits per heavy atom. The Morgan fingerprint density at radius 1 is 1.39 bits per heavy atom. The van der Waals surface area contributed by atoms with Crippen LogP contribution in [-0.4, -0.2) is 38.2 Å². The van der Waals surface area contributed by atoms with Gasteiger partial charge in [0.1, 0.15) is 5.75 Å². The van der Waals surface area contributed by atoms with Gasteiger partial charge in [-0.1, -0.05) is 11.6 Å². The monoisotopic (exact) mass is 276 g/mol. The summed E-state index contributed by atoms with van der Waals surface area (Å²) >= 11 is 5.86. The molecule has 100 valence electrons. The van der Waals surface area contributed by atoms with E-state index in [0.29, 0.717) is 6.54 Å². The fourth-order valence-electron chi connectivity index (χ4n) is 2.08. The molecular formula is C12H15ClF2N2O. The first kappa shape index (κ1) is 13.5. The van der Waals surface area contributed by atoms with Crippen molar-refractivity contribution < 1.29 is 13.5 Å². The predicted octanol–water partition coefficient (Wildman–Crippen LogP) is 2.03. The van der Waals surface area contributed by atoms with Gasteiger partial charge in [0.05, 0.1) is 12.1 Å². The van der Waals surface area contributed by atoms with Crippen molar-refractivity contribution in [3.8, 4) is 5.75 Å². The number of methoxy groups -OCH3 is 1. The van der Waals surface area contributed by atoms with E-state index >= 15 is 0 Å². The van der Waals surface area contributed by atoms with Gasteiger partial charge < -0.3 is 10.1 Å². The minimum Gasteiger partial charge on any atom is -0.495 e. The zero-order valence-electron chi connectivity index (χ0n) is 10.1. The van der Waals surface area contributed by atoms with E-state index in [0.717, 1.165) is 32.2 Å². The molecule has 1 aliphatic rings. The van der Waals surface area contributed by atoms with Crippen molar-refractivity contribution in [1.29, 1.82) is 0 Å². The molecule has 1 aromatic rings. The second kappa shape index (κ2) is 5.82. The molecule has 0 aromatic heterocycles. The van der Waals surface area contributed by atoms with Crippen molar-refractivity contribution >= 4 is 11.6 Å². The lowest BCUT2D eigenvalue weighted by atomic mass is 10.1. The fraction of sp³-hybridized carbons (Fsp3) is 0.500. The van der Waals surface area contributed by atoms with Crippen LogP contribution >= 0.6 is 11.6 Å². The Hall–Kier alpha value is -0.910. The summed E-state index contributed by atoms with van der Waals surface area (Å²) in [6.45, 7) is 3.56. The van der Waals surface area contributed by atoms with E-state index in [1.54, 1.807) is 0 Å². The van der Waals surface area contributed by atoms with Crippen molar-refractivity contribution in [3.63, 3.8) is 0 Å². The Bertz CT molecular complexity index is 437. The molecule has 1 saturated heterocycles. The highest BCUT2D eigenvalue weighted by molar-refractivity contribution is 6.32. The van der Waals surface area contributed by atoms with Crippen LogP contribution in [0.4, 0.5) is 8.78 Å². The van der Waals surface area contributed by atoms with Gasteiger partial charge in [0.25, 0.3) is 0 Å². The summed E-state index contributed by atoms with van der Waals surface area (Å²) < 4.78 is 32.3. The maximum atomic E-state index is 13.8. The number of piperazine rings is 1. The summed E-state index contributed by atoms with van der Waals surface area (Å²) in [7, 11) is 1.40. The Morgan fingerprint density at radius 2 is 2.06 bits per heavy atom. The third kappa shape index (κ3) is 2.74. The van der Waals surface area contributed by atoms with Crippen molar-refractivity contribution in [2.45, 2.75) is 6.54 Å². The molecule has 6 heteroatoms. The highest BCUT2D eigenvalue weighted by Crippen LogP contribution is 2.33. The summed E-state index contributed by atoms with van der Waals surface area (Å²) in [5.74, 6) is -1.60. The zero-order valence-corrected chi connectivity index (χ0v) is 10.9. The van der Waals surface area contributed by atoms with Crippen LogP contribution in [0.2, 0.25) is 5.02 Å². The van der Waals surface area contributed by atoms with Crippen LogP contribution in [0.15, 0.2) is 6.07 Å². The number of nitrogens with one attached hydrogen (secondary N) is 1. The molecule has 0 atom stereocenters. The quantitative estimate of drug-likeness (QED) is 0.855. The van der Waals surface area contributed by atoms with Gasteiger partial charge in [0, 0.05) is 38.3 Å². The maximum absolute atomic E-state index is 13.8. The number of rotatable bonds is 3. The molecular weight excluding hydrogens is 262 g/mol. The molecule has 0 spiro atoms. The third-order valence-corrected chi connectivity index (χ3v) is 3.30. The predicted molar refractivity (Wildman–Crippen MR) is 66.1 cm³/mol. The van der Waals surface area contributed by atoms with Gasteiger partial charge in [-0.05, 0) is 6.07 Å². The topological polar surface area (TPSA) is 24.5 Å². The number of nitrogens with zero attached hydrogens (tertiary/aromatic N) is 1. The van der Waals surface area contributed by atoms with Crippen molar-refractivity contribution in [1.82, 2.24) is 10.2 Å². The van der Waals surface area contributed by atoms with E-state index in [4.69, 9.17) is 16.3 Å². The first-order chi connectivity index (χ1) is 8.63. The van der Waals surface area contributed by atoms with Gasteiger partial charge in [0.15, 0.2) is 11.6 Å². The van der Waals surface area contributed by atoms with Gasteiger partial charge in [-0.3, -0.25) is 4.90 Å². The highest BCUT2D eigenvalue weighted by atomic mass is 35.5. The molecule has 2 rings (SSSR count). The van der Waals surface area contributed by atoms with Gasteiger partial charge >= 0.3 is 0 Å². The van der Waals surface area contributed by atoms with E-state index in [9.17, 15) is 8.78 Å². The van der Waals surface area contributed by atoms with Crippen LogP contribution in [-0.2, 0) is 6.54 Å². The van der Waals surface area contributed by atoms with Gasteiger partial charge in [-0.25, -0.2) is 8.78 Å². The van der Waals surface area contributed by atoms with Gasteiger partial charge in [-0.15, -0.1) is 0 Å². The molecule has 18 heavy (non-hydrogen) atoms. The minimum atomic E-state index is -0.939. The molecule has 0 unspecified atom stereocenters. The van der Waals surface area contributed by atoms with Crippen molar-refractivity contribution in [3.05, 3.63) is 28.3 Å². The van der Waals surface area contributed by atoms with Gasteiger partial charge in [-0.2, -0.15) is 0 Å². The smallest absolute Gasteiger partial charge is 0.167 e. The molecule has 3 nitrogen and oxygen atoms in total. The molecule has 0 aliphatic carbocycles. The molecule has 0 amide bonds. The highest BCUT2D eigenvalue weighted by Gasteiger charge is 2.21. The maximum Gasteiger partial charge on any atom is 0.167 e. The SMILES string of the molecule is COc1c(Cl)cc(F)c(F)c1CN1CCNCC1. The Balaban J connectivity index is 2.29. The molecule has 1 fully saturated rings. The Labute approximate surface area is 110 Å². The number of benzene rings is 1. The van der Waals surface area contributed by atoms with Gasteiger partial charge in [0.2, 0.25) is 0 Å². The lowest BCUT2D eigenvalue weighted by Crippen LogP contribution is -2.43. The van der Waals surface area contributed by atoms with Crippen molar-refractivity contribution in [2.75, 3.05) is 33.3 Å². The third-order valence-electron chi connectivity index (χ3n) is 3.01. The summed E-state index contributed by atoms with van der Waals surface area (Å²) in [6, 6.07) is 0.941. The normalized spacial score (nSPS) is 16.9. The van der Waals surface area contributed by atoms with E-state index < -0.39 is 11.6 Å². The lowest BCUT2D eigenvalue weighted by Gasteiger charge is -2.28. The van der Waals surface area contributed by atoms with Crippen LogP contribution in [0.25, 0.3) is 0 Å². The van der Waals surface area contributed by atoms with Crippen LogP contribution in [0.3, 0.4) is 0 Å². The molecule has 0 radical (unpaired) electrons. The average Bonchev–Trinajstić information content (AvgIpc) is 2.37. The number of halogens is 3. The largest absolute Gasteiger partial charge is 0.495 e. The number of hydrogen-bond donors (Lipinski definition) is 1. The minimum absolute atomic E-state index is 0.0986. The van der Waals surface area contributed by atoms with E-state index in [-0.39, 0.29) is 16.3 Å². The van der Waals surface area contributed by atoms with Crippen LogP contribution < -0.4 is 10.1 Å². The molecule has 1 N–H and O–H groups in total. The second-order valence-electron chi connectivity index (χ2n) is 4.19. The Kier molecular flexibility index (Phi) is 4.37.